The van der Waals surface area contributed by atoms with Crippen molar-refractivity contribution in [3.05, 3.63) is 98.9 Å². The predicted molar refractivity (Wildman–Crippen MR) is 166 cm³/mol. The number of benzene rings is 2. The van der Waals surface area contributed by atoms with E-state index >= 15 is 0 Å². The van der Waals surface area contributed by atoms with Crippen molar-refractivity contribution in [2.24, 2.45) is 5.92 Å². The number of sulfonamides is 1. The molecule has 2 aliphatic heterocycles. The number of carbonyl (C=O) groups excluding carboxylic acids is 1. The van der Waals surface area contributed by atoms with Crippen LogP contribution in [0.5, 0.6) is 0 Å². The largest absolute Gasteiger partial charge is 0.369 e. The topological polar surface area (TPSA) is 101 Å². The highest BCUT2D eigenvalue weighted by atomic mass is 35.5. The Hall–Kier alpha value is -3.56. The summed E-state index contributed by atoms with van der Waals surface area (Å²) in [6.07, 6.45) is 8.67. The molecule has 3 aliphatic rings. The number of rotatable bonds is 8. The number of hydrogen-bond donors (Lipinski definition) is 2. The average molecular weight is 607 g/mol. The number of nitrogens with one attached hydrogen (secondary N) is 2. The Morgan fingerprint density at radius 3 is 2.62 bits per heavy atom. The molecule has 1 saturated heterocycles. The van der Waals surface area contributed by atoms with Gasteiger partial charge in [-0.25, -0.2) is 8.42 Å². The minimum Gasteiger partial charge on any atom is -0.369 e. The fraction of sp³-hybridized carbons (Fsp3) is 0.375. The average Bonchev–Trinajstić information content (AvgIpc) is 2.98. The molecule has 0 radical (unpaired) electrons. The van der Waals surface area contributed by atoms with E-state index in [2.05, 4.69) is 21.0 Å². The number of allylic oxidation sites excluding steroid dienone is 1. The summed E-state index contributed by atoms with van der Waals surface area (Å²) in [7, 11) is -3.96. The highest BCUT2D eigenvalue weighted by molar-refractivity contribution is 7.92. The number of hydrogen-bond acceptors (Lipinski definition) is 5. The molecular weight excluding hydrogens is 572 g/mol. The fourth-order valence-corrected chi connectivity index (χ4v) is 7.71. The second-order valence-corrected chi connectivity index (χ2v) is 13.6. The number of piperidine rings is 1. The van der Waals surface area contributed by atoms with Crippen LogP contribution >= 0.6 is 11.6 Å². The van der Waals surface area contributed by atoms with Gasteiger partial charge in [0.05, 0.1) is 16.3 Å². The first kappa shape index (κ1) is 28.6. The molecule has 10 heteroatoms. The quantitative estimate of drug-likeness (QED) is 0.328. The van der Waals surface area contributed by atoms with Crippen molar-refractivity contribution < 1.29 is 13.2 Å². The summed E-state index contributed by atoms with van der Waals surface area (Å²) in [6.45, 7) is 2.47. The van der Waals surface area contributed by atoms with Gasteiger partial charge in [-0.1, -0.05) is 29.3 Å². The maximum atomic E-state index is 13.5. The number of anilines is 2. The Kier molecular flexibility index (Phi) is 8.14. The Morgan fingerprint density at radius 1 is 1.00 bits per heavy atom. The van der Waals surface area contributed by atoms with Crippen LogP contribution in [0.4, 0.5) is 11.4 Å². The molecule has 6 rings (SSSR count). The zero-order chi connectivity index (χ0) is 29.3. The van der Waals surface area contributed by atoms with Crippen LogP contribution in [0.1, 0.15) is 60.5 Å². The molecule has 2 atom stereocenters. The van der Waals surface area contributed by atoms with Gasteiger partial charge in [-0.2, -0.15) is 0 Å². The normalized spacial score (nSPS) is 19.9. The molecule has 3 heterocycles. The molecule has 1 aliphatic carbocycles. The predicted octanol–water partition coefficient (Wildman–Crippen LogP) is 5.55. The number of aromatic nitrogens is 1. The monoisotopic (exact) mass is 606 g/mol. The van der Waals surface area contributed by atoms with Gasteiger partial charge in [0.1, 0.15) is 0 Å². The van der Waals surface area contributed by atoms with Crippen molar-refractivity contribution in [3.63, 3.8) is 0 Å². The van der Waals surface area contributed by atoms with E-state index in [0.29, 0.717) is 48.1 Å². The Balaban J connectivity index is 1.28. The Bertz CT molecular complexity index is 1680. The maximum absolute atomic E-state index is 13.5. The molecular formula is C32H35ClN4O4S. The maximum Gasteiger partial charge on any atom is 0.261 e. The lowest BCUT2D eigenvalue weighted by atomic mass is 9.83. The zero-order valence-corrected chi connectivity index (χ0v) is 25.0. The van der Waals surface area contributed by atoms with E-state index in [1.54, 1.807) is 24.3 Å². The molecule has 1 fully saturated rings. The second-order valence-electron chi connectivity index (χ2n) is 11.5. The molecule has 220 valence electrons. The lowest BCUT2D eigenvalue weighted by Crippen LogP contribution is -2.47. The van der Waals surface area contributed by atoms with Crippen LogP contribution in [0.3, 0.4) is 0 Å². The molecule has 8 nitrogen and oxygen atoms in total. The van der Waals surface area contributed by atoms with Crippen molar-refractivity contribution in [3.8, 4) is 0 Å². The number of carbonyl (C=O) groups is 1. The standard InChI is InChI=1S/C32H35ClN4O4S/c33-26-10-12-27(13-11-26)42(40,41)35-28-18-24(32(39)34-16-15-22-5-2-1-3-6-22)9-14-30(28)36-19-23-17-25(21-36)29-7-4-8-31(38)37(29)20-23/h4-5,7-14,18,23,25,35H,1-3,6,15-17,19-21H2,(H,34,39). The fourth-order valence-electron chi connectivity index (χ4n) is 6.52. The zero-order valence-electron chi connectivity index (χ0n) is 23.4. The molecule has 1 aromatic heterocycles. The van der Waals surface area contributed by atoms with Gasteiger partial charge < -0.3 is 14.8 Å². The van der Waals surface area contributed by atoms with Crippen molar-refractivity contribution in [2.75, 3.05) is 29.3 Å². The number of nitrogens with zero attached hydrogens (tertiary/aromatic N) is 2. The highest BCUT2D eigenvalue weighted by Crippen LogP contribution is 2.40. The summed E-state index contributed by atoms with van der Waals surface area (Å²) in [6, 6.07) is 16.6. The summed E-state index contributed by atoms with van der Waals surface area (Å²) in [5.41, 5.74) is 3.85. The van der Waals surface area contributed by atoms with Gasteiger partial charge >= 0.3 is 0 Å². The van der Waals surface area contributed by atoms with Gasteiger partial charge in [-0.3, -0.25) is 14.3 Å². The highest BCUT2D eigenvalue weighted by Gasteiger charge is 2.35. The van der Waals surface area contributed by atoms with Gasteiger partial charge in [0, 0.05) is 54.4 Å². The van der Waals surface area contributed by atoms with Crippen molar-refractivity contribution >= 4 is 38.9 Å². The van der Waals surface area contributed by atoms with Gasteiger partial charge in [0.2, 0.25) is 0 Å². The molecule has 0 saturated carbocycles. The third kappa shape index (κ3) is 6.13. The van der Waals surface area contributed by atoms with Crippen LogP contribution in [0.25, 0.3) is 0 Å². The van der Waals surface area contributed by atoms with Crippen LogP contribution in [-0.4, -0.2) is 38.5 Å². The smallest absolute Gasteiger partial charge is 0.261 e. The first-order chi connectivity index (χ1) is 20.3. The van der Waals surface area contributed by atoms with Gasteiger partial charge in [-0.05, 0) is 93.0 Å². The molecule has 0 spiro atoms. The number of halogens is 1. The van der Waals surface area contributed by atoms with Crippen LogP contribution in [-0.2, 0) is 16.6 Å². The third-order valence-corrected chi connectivity index (χ3v) is 10.2. The molecule has 3 aromatic rings. The first-order valence-electron chi connectivity index (χ1n) is 14.6. The summed E-state index contributed by atoms with van der Waals surface area (Å²) in [5.74, 6) is 0.145. The SMILES string of the molecule is O=C(NCCC1=CCCCC1)c1ccc(N2CC3CC(C2)c2cccc(=O)n2C3)c(NS(=O)(=O)c2ccc(Cl)cc2)c1. The lowest BCUT2D eigenvalue weighted by Gasteiger charge is -2.44. The van der Waals surface area contributed by atoms with E-state index in [1.165, 1.54) is 42.7 Å². The minimum absolute atomic E-state index is 0.0159. The van der Waals surface area contributed by atoms with Gasteiger partial charge in [-0.15, -0.1) is 0 Å². The first-order valence-corrected chi connectivity index (χ1v) is 16.5. The molecule has 2 N–H and O–H groups in total. The van der Waals surface area contributed by atoms with Crippen LogP contribution < -0.4 is 20.5 Å². The van der Waals surface area contributed by atoms with E-state index in [-0.39, 0.29) is 28.2 Å². The minimum atomic E-state index is -3.96. The van der Waals surface area contributed by atoms with Crippen molar-refractivity contribution in [1.82, 2.24) is 9.88 Å². The number of amides is 1. The van der Waals surface area contributed by atoms with E-state index in [9.17, 15) is 18.0 Å². The Morgan fingerprint density at radius 2 is 1.83 bits per heavy atom. The number of pyridine rings is 1. The lowest BCUT2D eigenvalue weighted by molar-refractivity contribution is 0.0954. The summed E-state index contributed by atoms with van der Waals surface area (Å²) < 4.78 is 31.5. The second kappa shape index (κ2) is 12.0. The van der Waals surface area contributed by atoms with E-state index < -0.39 is 10.0 Å². The molecule has 42 heavy (non-hydrogen) atoms. The third-order valence-electron chi connectivity index (χ3n) is 8.56. The van der Waals surface area contributed by atoms with Gasteiger partial charge in [0.25, 0.3) is 21.5 Å². The molecule has 2 bridgehead atoms. The van der Waals surface area contributed by atoms with E-state index in [4.69, 9.17) is 11.6 Å². The molecule has 2 aromatic carbocycles. The van der Waals surface area contributed by atoms with Crippen LogP contribution in [0, 0.1) is 5.92 Å². The van der Waals surface area contributed by atoms with Crippen molar-refractivity contribution in [1.29, 1.82) is 0 Å². The molecule has 1 amide bonds. The van der Waals surface area contributed by atoms with Crippen LogP contribution in [0.2, 0.25) is 5.02 Å². The summed E-state index contributed by atoms with van der Waals surface area (Å²) in [4.78, 5) is 27.9. The van der Waals surface area contributed by atoms with Crippen molar-refractivity contribution in [2.45, 2.75) is 55.9 Å². The summed E-state index contributed by atoms with van der Waals surface area (Å²) >= 11 is 6.00. The van der Waals surface area contributed by atoms with Gasteiger partial charge in [0.15, 0.2) is 0 Å². The number of fused-ring (bicyclic) bond motifs is 4. The molecule has 2 unspecified atom stereocenters. The Labute approximate surface area is 251 Å². The summed E-state index contributed by atoms with van der Waals surface area (Å²) in [5, 5.41) is 3.45. The van der Waals surface area contributed by atoms with E-state index in [0.717, 1.165) is 31.4 Å². The van der Waals surface area contributed by atoms with Crippen LogP contribution in [0.15, 0.2) is 82.0 Å². The van der Waals surface area contributed by atoms with E-state index in [1.807, 2.05) is 16.7 Å².